The van der Waals surface area contributed by atoms with Crippen molar-refractivity contribution in [3.05, 3.63) is 46.7 Å². The van der Waals surface area contributed by atoms with Gasteiger partial charge in [0, 0.05) is 31.8 Å². The summed E-state index contributed by atoms with van der Waals surface area (Å²) in [5.41, 5.74) is 1.33. The fourth-order valence-corrected chi connectivity index (χ4v) is 3.17. The molecule has 1 aliphatic heterocycles. The van der Waals surface area contributed by atoms with Crippen LogP contribution in [0.15, 0.2) is 30.5 Å². The second kappa shape index (κ2) is 7.77. The molecule has 0 bridgehead atoms. The molecule has 24 heavy (non-hydrogen) atoms. The summed E-state index contributed by atoms with van der Waals surface area (Å²) in [5.74, 6) is 0.478. The quantitative estimate of drug-likeness (QED) is 0.832. The third-order valence-electron chi connectivity index (χ3n) is 4.35. The molecule has 0 radical (unpaired) electrons. The number of carbonyl (C=O) groups excluding carboxylic acids is 1. The molecule has 128 valence electrons. The number of methoxy groups -OCH3 is 1. The number of nitrogens with zero attached hydrogens (tertiary/aromatic N) is 4. The van der Waals surface area contributed by atoms with Crippen molar-refractivity contribution in [3.8, 4) is 0 Å². The molecule has 1 aromatic heterocycles. The maximum absolute atomic E-state index is 12.5. The molecule has 1 aromatic carbocycles. The summed E-state index contributed by atoms with van der Waals surface area (Å²) in [4.78, 5) is 14.4. The van der Waals surface area contributed by atoms with Gasteiger partial charge in [-0.25, -0.2) is 4.68 Å². The summed E-state index contributed by atoms with van der Waals surface area (Å²) in [5, 5.41) is 8.76. The van der Waals surface area contributed by atoms with Crippen LogP contribution in [0.2, 0.25) is 5.02 Å². The first kappa shape index (κ1) is 16.9. The second-order valence-electron chi connectivity index (χ2n) is 6.08. The lowest BCUT2D eigenvalue weighted by Crippen LogP contribution is -2.39. The van der Waals surface area contributed by atoms with Crippen molar-refractivity contribution >= 4 is 17.5 Å². The fourth-order valence-electron chi connectivity index (χ4n) is 2.98. The summed E-state index contributed by atoms with van der Waals surface area (Å²) in [6, 6.07) is 7.58. The summed E-state index contributed by atoms with van der Waals surface area (Å²) in [7, 11) is 1.72. The largest absolute Gasteiger partial charge is 0.384 e. The molecule has 1 aliphatic rings. The van der Waals surface area contributed by atoms with Crippen molar-refractivity contribution in [2.75, 3.05) is 26.8 Å². The number of aromatic nitrogens is 3. The van der Waals surface area contributed by atoms with E-state index in [1.807, 2.05) is 29.2 Å². The van der Waals surface area contributed by atoms with Gasteiger partial charge in [0.05, 0.1) is 12.7 Å². The standard InChI is InChI=1S/C17H21ClN4O2/c1-24-12-13-6-8-21(9-7-13)17(23)16-11-22(20-19-16)10-14-4-2-3-5-15(14)18/h2-5,11,13H,6-10,12H2,1H3. The van der Waals surface area contributed by atoms with Gasteiger partial charge in [0.1, 0.15) is 0 Å². The topological polar surface area (TPSA) is 60.2 Å². The maximum atomic E-state index is 12.5. The number of likely N-dealkylation sites (tertiary alicyclic amines) is 1. The smallest absolute Gasteiger partial charge is 0.276 e. The summed E-state index contributed by atoms with van der Waals surface area (Å²) in [6.45, 7) is 2.74. The monoisotopic (exact) mass is 348 g/mol. The lowest BCUT2D eigenvalue weighted by atomic mass is 9.97. The van der Waals surface area contributed by atoms with Crippen LogP contribution in [-0.4, -0.2) is 52.6 Å². The fraction of sp³-hybridized carbons (Fsp3) is 0.471. The number of hydrogen-bond acceptors (Lipinski definition) is 4. The van der Waals surface area contributed by atoms with E-state index in [0.29, 0.717) is 23.2 Å². The first-order valence-corrected chi connectivity index (χ1v) is 8.47. The minimum absolute atomic E-state index is 0.0590. The van der Waals surface area contributed by atoms with Gasteiger partial charge in [0.25, 0.3) is 5.91 Å². The molecule has 0 saturated carbocycles. The van der Waals surface area contributed by atoms with Gasteiger partial charge in [-0.1, -0.05) is 35.0 Å². The van der Waals surface area contributed by atoms with Gasteiger partial charge in [0.2, 0.25) is 0 Å². The van der Waals surface area contributed by atoms with Crippen LogP contribution in [0.3, 0.4) is 0 Å². The number of amides is 1. The number of hydrogen-bond donors (Lipinski definition) is 0. The van der Waals surface area contributed by atoms with Crippen molar-refractivity contribution in [3.63, 3.8) is 0 Å². The molecular weight excluding hydrogens is 328 g/mol. The average molecular weight is 349 g/mol. The van der Waals surface area contributed by atoms with Crippen molar-refractivity contribution in [1.82, 2.24) is 19.9 Å². The number of halogens is 1. The lowest BCUT2D eigenvalue weighted by Gasteiger charge is -2.31. The predicted molar refractivity (Wildman–Crippen MR) is 91.1 cm³/mol. The molecular formula is C17H21ClN4O2. The van der Waals surface area contributed by atoms with Gasteiger partial charge in [-0.3, -0.25) is 4.79 Å². The average Bonchev–Trinajstić information content (AvgIpc) is 3.06. The van der Waals surface area contributed by atoms with E-state index in [-0.39, 0.29) is 5.91 Å². The Bertz CT molecular complexity index is 695. The van der Waals surface area contributed by atoms with E-state index in [9.17, 15) is 4.79 Å². The van der Waals surface area contributed by atoms with E-state index in [4.69, 9.17) is 16.3 Å². The van der Waals surface area contributed by atoms with Crippen LogP contribution in [0.1, 0.15) is 28.9 Å². The van der Waals surface area contributed by atoms with E-state index < -0.39 is 0 Å². The number of rotatable bonds is 5. The third-order valence-corrected chi connectivity index (χ3v) is 4.72. The SMILES string of the molecule is COCC1CCN(C(=O)c2cn(Cc3ccccc3Cl)nn2)CC1. The van der Waals surface area contributed by atoms with Crippen LogP contribution in [0.25, 0.3) is 0 Å². The summed E-state index contributed by atoms with van der Waals surface area (Å²) in [6.07, 6.45) is 3.62. The molecule has 1 amide bonds. The highest BCUT2D eigenvalue weighted by Crippen LogP contribution is 2.19. The van der Waals surface area contributed by atoms with E-state index in [2.05, 4.69) is 10.3 Å². The Morgan fingerprint density at radius 1 is 1.33 bits per heavy atom. The predicted octanol–water partition coefficient (Wildman–Crippen LogP) is 2.48. The van der Waals surface area contributed by atoms with Crippen LogP contribution in [0, 0.1) is 5.92 Å². The maximum Gasteiger partial charge on any atom is 0.276 e. The molecule has 6 nitrogen and oxygen atoms in total. The highest BCUT2D eigenvalue weighted by molar-refractivity contribution is 6.31. The van der Waals surface area contributed by atoms with Crippen molar-refractivity contribution in [1.29, 1.82) is 0 Å². The molecule has 0 aliphatic carbocycles. The van der Waals surface area contributed by atoms with Gasteiger partial charge < -0.3 is 9.64 Å². The van der Waals surface area contributed by atoms with E-state index in [0.717, 1.165) is 38.1 Å². The first-order valence-electron chi connectivity index (χ1n) is 8.09. The van der Waals surface area contributed by atoms with Crippen LogP contribution >= 0.6 is 11.6 Å². The van der Waals surface area contributed by atoms with Crippen LogP contribution in [0.5, 0.6) is 0 Å². The molecule has 7 heteroatoms. The van der Waals surface area contributed by atoms with Gasteiger partial charge in [-0.05, 0) is 30.4 Å². The molecule has 1 saturated heterocycles. The molecule has 1 fully saturated rings. The molecule has 0 N–H and O–H groups in total. The molecule has 2 heterocycles. The number of piperidine rings is 1. The van der Waals surface area contributed by atoms with Crippen LogP contribution < -0.4 is 0 Å². The van der Waals surface area contributed by atoms with E-state index in [1.165, 1.54) is 0 Å². The Kier molecular flexibility index (Phi) is 5.48. The Morgan fingerprint density at radius 2 is 2.08 bits per heavy atom. The molecule has 0 atom stereocenters. The number of carbonyl (C=O) groups is 1. The molecule has 3 rings (SSSR count). The molecule has 2 aromatic rings. The Labute approximate surface area is 146 Å². The zero-order valence-corrected chi connectivity index (χ0v) is 14.4. The Morgan fingerprint density at radius 3 is 2.79 bits per heavy atom. The van der Waals surface area contributed by atoms with Crippen molar-refractivity contribution < 1.29 is 9.53 Å². The Hall–Kier alpha value is -1.92. The van der Waals surface area contributed by atoms with Crippen LogP contribution in [0.4, 0.5) is 0 Å². The number of ether oxygens (including phenoxy) is 1. The first-order chi connectivity index (χ1) is 11.7. The van der Waals surface area contributed by atoms with E-state index >= 15 is 0 Å². The number of benzene rings is 1. The minimum Gasteiger partial charge on any atom is -0.384 e. The van der Waals surface area contributed by atoms with Gasteiger partial charge >= 0.3 is 0 Å². The minimum atomic E-state index is -0.0590. The summed E-state index contributed by atoms with van der Waals surface area (Å²) >= 11 is 6.16. The lowest BCUT2D eigenvalue weighted by molar-refractivity contribution is 0.0608. The molecule has 0 unspecified atom stereocenters. The molecule has 0 spiro atoms. The third kappa shape index (κ3) is 3.94. The summed E-state index contributed by atoms with van der Waals surface area (Å²) < 4.78 is 6.84. The Balaban J connectivity index is 1.61. The normalized spacial score (nSPS) is 15.7. The van der Waals surface area contributed by atoms with Gasteiger partial charge in [-0.2, -0.15) is 0 Å². The van der Waals surface area contributed by atoms with Gasteiger partial charge in [-0.15, -0.1) is 5.10 Å². The van der Waals surface area contributed by atoms with Crippen molar-refractivity contribution in [2.45, 2.75) is 19.4 Å². The zero-order valence-electron chi connectivity index (χ0n) is 13.7. The zero-order chi connectivity index (χ0) is 16.9. The van der Waals surface area contributed by atoms with E-state index in [1.54, 1.807) is 18.0 Å². The highest BCUT2D eigenvalue weighted by Gasteiger charge is 2.25. The highest BCUT2D eigenvalue weighted by atomic mass is 35.5. The van der Waals surface area contributed by atoms with Crippen molar-refractivity contribution in [2.24, 2.45) is 5.92 Å². The van der Waals surface area contributed by atoms with Crippen LogP contribution in [-0.2, 0) is 11.3 Å². The van der Waals surface area contributed by atoms with Gasteiger partial charge in [0.15, 0.2) is 5.69 Å². The second-order valence-corrected chi connectivity index (χ2v) is 6.49.